The Morgan fingerprint density at radius 1 is 1.39 bits per heavy atom. The number of halogens is 2. The molecule has 1 amide bonds. The van der Waals surface area contributed by atoms with Crippen LogP contribution in [0, 0.1) is 5.41 Å². The molecule has 0 spiro atoms. The van der Waals surface area contributed by atoms with Crippen LogP contribution in [0.25, 0.3) is 0 Å². The zero-order valence-electron chi connectivity index (χ0n) is 10.6. The smallest absolute Gasteiger partial charge is 0.252 e. The first-order valence-corrected chi connectivity index (χ1v) is 6.39. The molecule has 1 aromatic rings. The van der Waals surface area contributed by atoms with Crippen molar-refractivity contribution in [2.24, 2.45) is 5.41 Å². The van der Waals surface area contributed by atoms with Gasteiger partial charge in [0.05, 0.1) is 21.7 Å². The highest BCUT2D eigenvalue weighted by Gasteiger charge is 2.23. The second-order valence-corrected chi connectivity index (χ2v) is 5.98. The lowest BCUT2D eigenvalue weighted by atomic mass is 9.89. The Morgan fingerprint density at radius 3 is 2.56 bits per heavy atom. The lowest BCUT2D eigenvalue weighted by molar-refractivity contribution is 0.0587. The fourth-order valence-electron chi connectivity index (χ4n) is 1.27. The number of hydrogen-bond donors (Lipinski definition) is 2. The molecule has 100 valence electrons. The Morgan fingerprint density at radius 2 is 2.00 bits per heavy atom. The van der Waals surface area contributed by atoms with E-state index in [2.05, 4.69) is 5.32 Å². The van der Waals surface area contributed by atoms with Crippen LogP contribution in [0.2, 0.25) is 10.0 Å². The van der Waals surface area contributed by atoms with Crippen molar-refractivity contribution in [3.05, 3.63) is 33.8 Å². The molecule has 0 heterocycles. The predicted octanol–water partition coefficient (Wildman–Crippen LogP) is 3.13. The van der Waals surface area contributed by atoms with E-state index in [1.165, 1.54) is 0 Å². The van der Waals surface area contributed by atoms with E-state index in [-0.39, 0.29) is 22.9 Å². The molecule has 0 radical (unpaired) electrons. The summed E-state index contributed by atoms with van der Waals surface area (Å²) in [6.45, 7) is 5.87. The Kier molecular flexibility index (Phi) is 5.02. The van der Waals surface area contributed by atoms with Gasteiger partial charge in [0.2, 0.25) is 0 Å². The highest BCUT2D eigenvalue weighted by atomic mass is 35.5. The number of carbonyl (C=O) groups excluding carboxylic acids is 1. The van der Waals surface area contributed by atoms with Gasteiger partial charge in [0.15, 0.2) is 0 Å². The minimum absolute atomic E-state index is 0.172. The molecule has 1 atom stereocenters. The standard InChI is InChI=1S/C13H17Cl2NO2/c1-13(2,3)10(17)7-16-12(18)8-5-4-6-9(14)11(8)15/h4-6,10,17H,7H2,1-3H3,(H,16,18). The number of amides is 1. The van der Waals surface area contributed by atoms with E-state index in [0.717, 1.165) is 0 Å². The SMILES string of the molecule is CC(C)(C)C(O)CNC(=O)c1cccc(Cl)c1Cl. The highest BCUT2D eigenvalue weighted by Crippen LogP contribution is 2.25. The van der Waals surface area contributed by atoms with Gasteiger partial charge < -0.3 is 10.4 Å². The van der Waals surface area contributed by atoms with Gasteiger partial charge in [-0.3, -0.25) is 4.79 Å². The number of aliphatic hydroxyl groups is 1. The van der Waals surface area contributed by atoms with E-state index in [4.69, 9.17) is 23.2 Å². The number of carbonyl (C=O) groups is 1. The van der Waals surface area contributed by atoms with Gasteiger partial charge in [0.1, 0.15) is 0 Å². The fraction of sp³-hybridized carbons (Fsp3) is 0.462. The maximum Gasteiger partial charge on any atom is 0.252 e. The summed E-state index contributed by atoms with van der Waals surface area (Å²) in [4.78, 5) is 11.9. The summed E-state index contributed by atoms with van der Waals surface area (Å²) in [5.74, 6) is -0.342. The maximum atomic E-state index is 11.9. The number of benzene rings is 1. The Bertz CT molecular complexity index is 441. The molecule has 5 heteroatoms. The van der Waals surface area contributed by atoms with E-state index in [0.29, 0.717) is 10.6 Å². The van der Waals surface area contributed by atoms with E-state index >= 15 is 0 Å². The normalized spacial score (nSPS) is 13.2. The van der Waals surface area contributed by atoms with Gasteiger partial charge in [-0.05, 0) is 17.5 Å². The average Bonchev–Trinajstić information content (AvgIpc) is 2.27. The molecule has 0 fully saturated rings. The second kappa shape index (κ2) is 5.91. The van der Waals surface area contributed by atoms with E-state index in [1.54, 1.807) is 18.2 Å². The van der Waals surface area contributed by atoms with Crippen molar-refractivity contribution in [3.63, 3.8) is 0 Å². The molecule has 0 saturated carbocycles. The average molecular weight is 290 g/mol. The third kappa shape index (κ3) is 3.87. The lowest BCUT2D eigenvalue weighted by Gasteiger charge is -2.25. The van der Waals surface area contributed by atoms with Crippen LogP contribution in [-0.4, -0.2) is 23.7 Å². The number of nitrogens with one attached hydrogen (secondary N) is 1. The van der Waals surface area contributed by atoms with Crippen molar-refractivity contribution < 1.29 is 9.90 Å². The summed E-state index contributed by atoms with van der Waals surface area (Å²) in [5.41, 5.74) is 0.0241. The van der Waals surface area contributed by atoms with Crippen LogP contribution in [0.3, 0.4) is 0 Å². The Labute approximate surface area is 117 Å². The third-order valence-corrected chi connectivity index (χ3v) is 3.47. The van der Waals surface area contributed by atoms with Gasteiger partial charge in [-0.2, -0.15) is 0 Å². The maximum absolute atomic E-state index is 11.9. The molecule has 1 unspecified atom stereocenters. The van der Waals surface area contributed by atoms with Crippen LogP contribution in [0.15, 0.2) is 18.2 Å². The molecule has 0 aromatic heterocycles. The van der Waals surface area contributed by atoms with Crippen LogP contribution in [0.4, 0.5) is 0 Å². The van der Waals surface area contributed by atoms with Crippen LogP contribution < -0.4 is 5.32 Å². The minimum Gasteiger partial charge on any atom is -0.391 e. The van der Waals surface area contributed by atoms with Crippen molar-refractivity contribution in [2.75, 3.05) is 6.54 Å². The topological polar surface area (TPSA) is 49.3 Å². The summed E-state index contributed by atoms with van der Waals surface area (Å²) < 4.78 is 0. The largest absolute Gasteiger partial charge is 0.391 e. The van der Waals surface area contributed by atoms with Crippen LogP contribution in [0.1, 0.15) is 31.1 Å². The van der Waals surface area contributed by atoms with Crippen LogP contribution in [-0.2, 0) is 0 Å². The summed E-state index contributed by atoms with van der Waals surface area (Å²) in [7, 11) is 0. The van der Waals surface area contributed by atoms with Crippen LogP contribution >= 0.6 is 23.2 Å². The first-order valence-electron chi connectivity index (χ1n) is 5.63. The van der Waals surface area contributed by atoms with Crippen LogP contribution in [0.5, 0.6) is 0 Å². The summed E-state index contributed by atoms with van der Waals surface area (Å²) in [6, 6.07) is 4.86. The first kappa shape index (κ1) is 15.3. The van der Waals surface area contributed by atoms with Crippen molar-refractivity contribution in [1.82, 2.24) is 5.32 Å². The monoisotopic (exact) mass is 289 g/mol. The molecule has 2 N–H and O–H groups in total. The minimum atomic E-state index is -0.626. The molecule has 0 aliphatic heterocycles. The molecule has 3 nitrogen and oxygen atoms in total. The van der Waals surface area contributed by atoms with Gasteiger partial charge in [-0.15, -0.1) is 0 Å². The van der Waals surface area contributed by atoms with Gasteiger partial charge in [0, 0.05) is 6.54 Å². The Balaban J connectivity index is 2.70. The summed E-state index contributed by atoms with van der Waals surface area (Å²) >= 11 is 11.8. The van der Waals surface area contributed by atoms with Crippen molar-refractivity contribution in [1.29, 1.82) is 0 Å². The first-order chi connectivity index (χ1) is 8.23. The molecular weight excluding hydrogens is 273 g/mol. The molecular formula is C13H17Cl2NO2. The Hall–Kier alpha value is -0.770. The molecule has 0 aliphatic carbocycles. The lowest BCUT2D eigenvalue weighted by Crippen LogP contribution is -2.39. The predicted molar refractivity (Wildman–Crippen MR) is 74.3 cm³/mol. The zero-order valence-corrected chi connectivity index (χ0v) is 12.1. The summed E-state index contributed by atoms with van der Waals surface area (Å²) in [6.07, 6.45) is -0.626. The fourth-order valence-corrected chi connectivity index (χ4v) is 1.66. The van der Waals surface area contributed by atoms with E-state index in [1.807, 2.05) is 20.8 Å². The van der Waals surface area contributed by atoms with E-state index in [9.17, 15) is 9.90 Å². The van der Waals surface area contributed by atoms with Crippen molar-refractivity contribution in [2.45, 2.75) is 26.9 Å². The number of aliphatic hydroxyl groups excluding tert-OH is 1. The van der Waals surface area contributed by atoms with Gasteiger partial charge in [-0.25, -0.2) is 0 Å². The second-order valence-electron chi connectivity index (χ2n) is 5.19. The van der Waals surface area contributed by atoms with Gasteiger partial charge >= 0.3 is 0 Å². The molecule has 1 rings (SSSR count). The van der Waals surface area contributed by atoms with E-state index < -0.39 is 6.10 Å². The number of hydrogen-bond acceptors (Lipinski definition) is 2. The quantitative estimate of drug-likeness (QED) is 0.898. The molecule has 18 heavy (non-hydrogen) atoms. The zero-order chi connectivity index (χ0) is 13.9. The third-order valence-electron chi connectivity index (χ3n) is 2.65. The molecule has 1 aromatic carbocycles. The molecule has 0 saturated heterocycles. The molecule has 0 aliphatic rings. The van der Waals surface area contributed by atoms with Gasteiger partial charge in [-0.1, -0.05) is 50.0 Å². The highest BCUT2D eigenvalue weighted by molar-refractivity contribution is 6.43. The number of rotatable bonds is 3. The van der Waals surface area contributed by atoms with Gasteiger partial charge in [0.25, 0.3) is 5.91 Å². The van der Waals surface area contributed by atoms with Crippen molar-refractivity contribution >= 4 is 29.1 Å². The summed E-state index contributed by atoms with van der Waals surface area (Å²) in [5, 5.41) is 13.0. The molecule has 0 bridgehead atoms. The van der Waals surface area contributed by atoms with Crippen molar-refractivity contribution in [3.8, 4) is 0 Å².